The lowest BCUT2D eigenvalue weighted by Crippen LogP contribution is -2.31. The number of benzene rings is 3. The molecule has 0 aliphatic carbocycles. The van der Waals surface area contributed by atoms with E-state index in [1.165, 1.54) is 41.1 Å². The Balaban J connectivity index is 1.65. The summed E-state index contributed by atoms with van der Waals surface area (Å²) < 4.78 is 40.9. The molecule has 200 valence electrons. The Morgan fingerprint density at radius 1 is 0.923 bits per heavy atom. The number of sulfone groups is 1. The molecule has 7 nitrogen and oxygen atoms in total. The minimum atomic E-state index is -3.68. The Morgan fingerprint density at radius 3 is 2.26 bits per heavy atom. The van der Waals surface area contributed by atoms with Gasteiger partial charge in [-0.05, 0) is 65.7 Å². The third-order valence-corrected chi connectivity index (χ3v) is 8.40. The average Bonchev–Trinajstić information content (AvgIpc) is 3.23. The van der Waals surface area contributed by atoms with E-state index in [1.54, 1.807) is 30.3 Å². The number of hydrazine groups is 1. The predicted molar refractivity (Wildman–Crippen MR) is 153 cm³/mol. The third-order valence-electron chi connectivity index (χ3n) is 5.83. The lowest BCUT2D eigenvalue weighted by atomic mass is 10.0. The number of nitrogens with zero attached hydrogens (tertiary/aromatic N) is 2. The van der Waals surface area contributed by atoms with Gasteiger partial charge in [-0.1, -0.05) is 58.5 Å². The predicted octanol–water partition coefficient (Wildman–Crippen LogP) is 6.85. The summed E-state index contributed by atoms with van der Waals surface area (Å²) in [5, 5.41) is 5.78. The molecule has 2 heterocycles. The van der Waals surface area contributed by atoms with Crippen molar-refractivity contribution in [1.82, 2.24) is 15.2 Å². The van der Waals surface area contributed by atoms with Crippen LogP contribution >= 0.6 is 46.4 Å². The second kappa shape index (κ2) is 10.8. The largest absolute Gasteiger partial charge is 0.297 e. The van der Waals surface area contributed by atoms with Gasteiger partial charge in [-0.25, -0.2) is 17.5 Å². The number of carbonyl (C=O) groups is 1. The molecule has 0 saturated heterocycles. The summed E-state index contributed by atoms with van der Waals surface area (Å²) in [6.07, 6.45) is 1.62. The van der Waals surface area contributed by atoms with Gasteiger partial charge in [0, 0.05) is 15.6 Å². The lowest BCUT2D eigenvalue weighted by Gasteiger charge is -2.19. The summed E-state index contributed by atoms with van der Waals surface area (Å²) in [6.45, 7) is 0. The minimum Gasteiger partial charge on any atom is -0.297 e. The molecule has 1 aliphatic rings. The van der Waals surface area contributed by atoms with Crippen LogP contribution in [-0.2, 0) is 15.6 Å². The number of hydrogen-bond acceptors (Lipinski definition) is 5. The van der Waals surface area contributed by atoms with E-state index in [4.69, 9.17) is 46.4 Å². The zero-order chi connectivity index (χ0) is 27.9. The number of hydrogen-bond donors (Lipinski definition) is 2. The summed E-state index contributed by atoms with van der Waals surface area (Å²) in [7, 11) is -3.68. The first-order valence-corrected chi connectivity index (χ1v) is 14.6. The molecule has 1 aliphatic heterocycles. The topological polar surface area (TPSA) is 93.1 Å². The van der Waals surface area contributed by atoms with Gasteiger partial charge in [-0.15, -0.1) is 0 Å². The van der Waals surface area contributed by atoms with Crippen LogP contribution in [0.4, 0.5) is 10.1 Å². The normalized spacial score (nSPS) is 15.2. The summed E-state index contributed by atoms with van der Waals surface area (Å²) in [5.41, 5.74) is 7.32. The van der Waals surface area contributed by atoms with E-state index in [0.717, 1.165) is 0 Å². The van der Waals surface area contributed by atoms with Crippen LogP contribution < -0.4 is 10.9 Å². The van der Waals surface area contributed by atoms with E-state index >= 15 is 0 Å². The maximum absolute atomic E-state index is 13.5. The van der Waals surface area contributed by atoms with Crippen molar-refractivity contribution in [2.24, 2.45) is 0 Å². The molecular formula is C26H17Cl4FN4O3S. The number of halogens is 5. The lowest BCUT2D eigenvalue weighted by molar-refractivity contribution is 0.0956. The van der Waals surface area contributed by atoms with Crippen molar-refractivity contribution in [2.75, 3.05) is 11.2 Å². The van der Waals surface area contributed by atoms with E-state index in [9.17, 15) is 17.6 Å². The van der Waals surface area contributed by atoms with Gasteiger partial charge < -0.3 is 0 Å². The number of rotatable bonds is 5. The van der Waals surface area contributed by atoms with Crippen LogP contribution in [0, 0.1) is 5.82 Å². The number of aromatic nitrogens is 2. The standard InChI is InChI=1S/C26H17Cl4FN4O3S/c27-16-3-7-22(20(29)10-16)32-33-26(36)24-19-13-39(37,38)12-15(9-14-1-5-18(31)6-2-14)25(19)35(34-24)23-8-4-17(28)11-21(23)30/h1-11,32H,12-13H2,(H,33,36)/b15-9+. The fourth-order valence-corrected chi connectivity index (χ4v) is 6.60. The van der Waals surface area contributed by atoms with E-state index in [2.05, 4.69) is 16.0 Å². The highest BCUT2D eigenvalue weighted by molar-refractivity contribution is 7.91. The maximum atomic E-state index is 13.5. The number of carbonyl (C=O) groups excluding carboxylic acids is 1. The molecule has 0 fully saturated rings. The monoisotopic (exact) mass is 624 g/mol. The molecule has 0 saturated carbocycles. The van der Waals surface area contributed by atoms with Crippen LogP contribution in [0.5, 0.6) is 0 Å². The number of anilines is 1. The van der Waals surface area contributed by atoms with Gasteiger partial charge >= 0.3 is 0 Å². The number of nitrogens with one attached hydrogen (secondary N) is 2. The van der Waals surface area contributed by atoms with Crippen LogP contribution in [0.1, 0.15) is 27.3 Å². The summed E-state index contributed by atoms with van der Waals surface area (Å²) >= 11 is 24.7. The molecule has 1 amide bonds. The van der Waals surface area contributed by atoms with Crippen molar-refractivity contribution in [3.05, 3.63) is 109 Å². The molecule has 0 atom stereocenters. The highest BCUT2D eigenvalue weighted by Gasteiger charge is 2.35. The first kappa shape index (κ1) is 27.5. The van der Waals surface area contributed by atoms with Crippen molar-refractivity contribution < 1.29 is 17.6 Å². The Kier molecular flexibility index (Phi) is 7.63. The quantitative estimate of drug-likeness (QED) is 0.237. The zero-order valence-electron chi connectivity index (χ0n) is 19.7. The Hall–Kier alpha value is -3.08. The van der Waals surface area contributed by atoms with Gasteiger partial charge in [-0.3, -0.25) is 15.6 Å². The number of fused-ring (bicyclic) bond motifs is 1. The summed E-state index contributed by atoms with van der Waals surface area (Å²) in [5.74, 6) is -1.90. The van der Waals surface area contributed by atoms with Crippen LogP contribution in [0.15, 0.2) is 60.7 Å². The van der Waals surface area contributed by atoms with Gasteiger partial charge in [-0.2, -0.15) is 5.10 Å². The van der Waals surface area contributed by atoms with Crippen LogP contribution in [0.2, 0.25) is 20.1 Å². The van der Waals surface area contributed by atoms with Gasteiger partial charge in [0.2, 0.25) is 0 Å². The fourth-order valence-electron chi connectivity index (χ4n) is 4.15. The fraction of sp³-hybridized carbons (Fsp3) is 0.0769. The van der Waals surface area contributed by atoms with Gasteiger partial charge in [0.25, 0.3) is 5.91 Å². The Bertz CT molecular complexity index is 1760. The van der Waals surface area contributed by atoms with E-state index < -0.39 is 27.3 Å². The van der Waals surface area contributed by atoms with Crippen LogP contribution in [0.3, 0.4) is 0 Å². The molecule has 4 aromatic rings. The first-order valence-electron chi connectivity index (χ1n) is 11.3. The number of amides is 1. The average molecular weight is 626 g/mol. The minimum absolute atomic E-state index is 0.137. The third kappa shape index (κ3) is 5.92. The highest BCUT2D eigenvalue weighted by atomic mass is 35.5. The Labute approximate surface area is 243 Å². The van der Waals surface area contributed by atoms with Gasteiger partial charge in [0.15, 0.2) is 15.5 Å². The van der Waals surface area contributed by atoms with Gasteiger partial charge in [0.05, 0.1) is 38.6 Å². The molecular weight excluding hydrogens is 609 g/mol. The molecule has 5 rings (SSSR count). The smallest absolute Gasteiger partial charge is 0.290 e. The summed E-state index contributed by atoms with van der Waals surface area (Å²) in [4.78, 5) is 13.3. The summed E-state index contributed by atoms with van der Waals surface area (Å²) in [6, 6.07) is 15.0. The van der Waals surface area contributed by atoms with Crippen molar-refractivity contribution in [1.29, 1.82) is 0 Å². The second-order valence-corrected chi connectivity index (χ2v) is 12.4. The van der Waals surface area contributed by atoms with E-state index in [0.29, 0.717) is 38.3 Å². The maximum Gasteiger partial charge on any atom is 0.290 e. The highest BCUT2D eigenvalue weighted by Crippen LogP contribution is 2.37. The second-order valence-electron chi connectivity index (χ2n) is 8.64. The Morgan fingerprint density at radius 2 is 1.59 bits per heavy atom. The molecule has 13 heteroatoms. The molecule has 0 bridgehead atoms. The van der Waals surface area contributed by atoms with Crippen LogP contribution in [0.25, 0.3) is 17.3 Å². The first-order chi connectivity index (χ1) is 18.5. The molecule has 2 N–H and O–H groups in total. The van der Waals surface area contributed by atoms with E-state index in [-0.39, 0.29) is 27.1 Å². The van der Waals surface area contributed by atoms with Crippen molar-refractivity contribution in [3.63, 3.8) is 0 Å². The molecule has 0 radical (unpaired) electrons. The zero-order valence-corrected chi connectivity index (χ0v) is 23.5. The molecule has 1 aromatic heterocycles. The molecule has 3 aromatic carbocycles. The van der Waals surface area contributed by atoms with Crippen molar-refractivity contribution >= 4 is 79.5 Å². The molecule has 39 heavy (non-hydrogen) atoms. The molecule has 0 spiro atoms. The SMILES string of the molecule is O=C(NNc1ccc(Cl)cc1Cl)c1nn(-c2ccc(Cl)cc2Cl)c2c1CS(=O)(=O)C/C2=C\c1ccc(F)cc1. The molecule has 0 unspecified atom stereocenters. The van der Waals surface area contributed by atoms with Crippen LogP contribution in [-0.4, -0.2) is 29.9 Å². The van der Waals surface area contributed by atoms with Crippen molar-refractivity contribution in [2.45, 2.75) is 5.75 Å². The van der Waals surface area contributed by atoms with E-state index in [1.807, 2.05) is 0 Å². The van der Waals surface area contributed by atoms with Crippen molar-refractivity contribution in [3.8, 4) is 5.69 Å². The van der Waals surface area contributed by atoms with Gasteiger partial charge in [0.1, 0.15) is 5.82 Å².